The number of methoxy groups -OCH3 is 2. The molecule has 0 radical (unpaired) electrons. The highest BCUT2D eigenvalue weighted by Crippen LogP contribution is 2.31. The van der Waals surface area contributed by atoms with Gasteiger partial charge in [0.2, 0.25) is 0 Å². The average molecular weight is 291 g/mol. The Bertz CT molecular complexity index is 596. The molecular formula is C15H21N3O3. The Kier molecular flexibility index (Phi) is 4.80. The molecule has 2 aromatic rings. The van der Waals surface area contributed by atoms with Gasteiger partial charge in [0.15, 0.2) is 0 Å². The summed E-state index contributed by atoms with van der Waals surface area (Å²) in [4.78, 5) is 4.22. The molecule has 1 aromatic carbocycles. The van der Waals surface area contributed by atoms with Crippen LogP contribution >= 0.6 is 0 Å². The fourth-order valence-electron chi connectivity index (χ4n) is 2.23. The molecule has 1 N–H and O–H groups in total. The van der Waals surface area contributed by atoms with Gasteiger partial charge in [-0.1, -0.05) is 0 Å². The van der Waals surface area contributed by atoms with Gasteiger partial charge < -0.3 is 14.6 Å². The van der Waals surface area contributed by atoms with E-state index < -0.39 is 6.10 Å². The maximum atomic E-state index is 10.5. The minimum Gasteiger partial charge on any atom is -0.497 e. The highest BCUT2D eigenvalue weighted by Gasteiger charge is 2.18. The number of hydrogen-bond acceptors (Lipinski definition) is 5. The number of aliphatic hydroxyl groups excluding tert-OH is 1. The summed E-state index contributed by atoms with van der Waals surface area (Å²) in [5.74, 6) is 2.04. The van der Waals surface area contributed by atoms with Crippen molar-refractivity contribution < 1.29 is 14.6 Å². The molecule has 0 aliphatic heterocycles. The second-order valence-corrected chi connectivity index (χ2v) is 5.04. The van der Waals surface area contributed by atoms with Crippen molar-refractivity contribution in [3.8, 4) is 11.5 Å². The summed E-state index contributed by atoms with van der Waals surface area (Å²) in [6.45, 7) is 4.05. The zero-order valence-corrected chi connectivity index (χ0v) is 12.8. The number of aromatic nitrogens is 3. The maximum Gasteiger partial charge on any atom is 0.138 e. The maximum absolute atomic E-state index is 10.5. The van der Waals surface area contributed by atoms with E-state index >= 15 is 0 Å². The molecule has 6 heteroatoms. The molecule has 6 nitrogen and oxygen atoms in total. The summed E-state index contributed by atoms with van der Waals surface area (Å²) in [6.07, 6.45) is 1.13. The average Bonchev–Trinajstić information content (AvgIpc) is 2.94. The van der Waals surface area contributed by atoms with Gasteiger partial charge in [0.25, 0.3) is 0 Å². The summed E-state index contributed by atoms with van der Waals surface area (Å²) in [6, 6.07) is 5.55. The number of benzene rings is 1. The quantitative estimate of drug-likeness (QED) is 0.883. The van der Waals surface area contributed by atoms with Gasteiger partial charge in [0, 0.05) is 18.0 Å². The molecule has 1 unspecified atom stereocenters. The molecule has 0 amide bonds. The fourth-order valence-corrected chi connectivity index (χ4v) is 2.23. The van der Waals surface area contributed by atoms with Crippen molar-refractivity contribution in [3.63, 3.8) is 0 Å². The summed E-state index contributed by atoms with van der Waals surface area (Å²) >= 11 is 0. The third kappa shape index (κ3) is 3.33. The molecular weight excluding hydrogens is 270 g/mol. The molecule has 2 rings (SSSR count). The van der Waals surface area contributed by atoms with Crippen LogP contribution in [0.1, 0.15) is 37.4 Å². The second-order valence-electron chi connectivity index (χ2n) is 5.04. The topological polar surface area (TPSA) is 69.4 Å². The fraction of sp³-hybridized carbons (Fsp3) is 0.467. The third-order valence-corrected chi connectivity index (χ3v) is 3.31. The molecule has 0 saturated heterocycles. The second kappa shape index (κ2) is 6.58. The molecule has 21 heavy (non-hydrogen) atoms. The molecule has 1 aromatic heterocycles. The van der Waals surface area contributed by atoms with Gasteiger partial charge in [-0.05, 0) is 32.0 Å². The van der Waals surface area contributed by atoms with E-state index in [-0.39, 0.29) is 6.04 Å². The van der Waals surface area contributed by atoms with Crippen molar-refractivity contribution >= 4 is 0 Å². The van der Waals surface area contributed by atoms with Crippen LogP contribution in [-0.2, 0) is 6.42 Å². The predicted molar refractivity (Wildman–Crippen MR) is 78.6 cm³/mol. The lowest BCUT2D eigenvalue weighted by atomic mass is 10.0. The molecule has 0 aliphatic carbocycles. The van der Waals surface area contributed by atoms with E-state index in [1.807, 2.05) is 13.8 Å². The normalized spacial score (nSPS) is 12.5. The van der Waals surface area contributed by atoms with E-state index in [0.29, 0.717) is 23.5 Å². The van der Waals surface area contributed by atoms with Gasteiger partial charge >= 0.3 is 0 Å². The lowest BCUT2D eigenvalue weighted by Gasteiger charge is -2.17. The third-order valence-electron chi connectivity index (χ3n) is 3.31. The van der Waals surface area contributed by atoms with Crippen LogP contribution in [-0.4, -0.2) is 34.1 Å². The lowest BCUT2D eigenvalue weighted by molar-refractivity contribution is 0.168. The van der Waals surface area contributed by atoms with Crippen molar-refractivity contribution in [2.45, 2.75) is 32.4 Å². The lowest BCUT2D eigenvalue weighted by Crippen LogP contribution is -2.12. The molecule has 0 saturated carbocycles. The zero-order chi connectivity index (χ0) is 15.4. The smallest absolute Gasteiger partial charge is 0.138 e. The van der Waals surface area contributed by atoms with E-state index in [1.165, 1.54) is 6.33 Å². The molecule has 0 aliphatic rings. The van der Waals surface area contributed by atoms with Crippen molar-refractivity contribution in [2.24, 2.45) is 0 Å². The summed E-state index contributed by atoms with van der Waals surface area (Å²) < 4.78 is 12.3. The molecule has 1 heterocycles. The first-order valence-electron chi connectivity index (χ1n) is 6.85. The molecule has 0 spiro atoms. The summed E-state index contributed by atoms with van der Waals surface area (Å²) in [5, 5.41) is 14.7. The predicted octanol–water partition coefficient (Wildman–Crippen LogP) is 2.15. The molecule has 1 atom stereocenters. The molecule has 0 fully saturated rings. The van der Waals surface area contributed by atoms with Crippen LogP contribution in [0.25, 0.3) is 0 Å². The first-order chi connectivity index (χ1) is 10.1. The molecule has 114 valence electrons. The van der Waals surface area contributed by atoms with Crippen LogP contribution in [0.5, 0.6) is 11.5 Å². The largest absolute Gasteiger partial charge is 0.497 e. The van der Waals surface area contributed by atoms with E-state index in [9.17, 15) is 5.11 Å². The number of rotatable bonds is 6. The number of hydrogen-bond donors (Lipinski definition) is 1. The minimum atomic E-state index is -0.739. The van der Waals surface area contributed by atoms with E-state index in [0.717, 1.165) is 5.82 Å². The van der Waals surface area contributed by atoms with Crippen LogP contribution in [0.4, 0.5) is 0 Å². The Morgan fingerprint density at radius 1 is 1.24 bits per heavy atom. The highest BCUT2D eigenvalue weighted by molar-refractivity contribution is 5.41. The zero-order valence-electron chi connectivity index (χ0n) is 12.8. The molecule has 0 bridgehead atoms. The monoisotopic (exact) mass is 291 g/mol. The Morgan fingerprint density at radius 3 is 2.62 bits per heavy atom. The Balaban J connectivity index is 2.27. The first-order valence-corrected chi connectivity index (χ1v) is 6.85. The van der Waals surface area contributed by atoms with Crippen molar-refractivity contribution in [2.75, 3.05) is 14.2 Å². The van der Waals surface area contributed by atoms with Crippen molar-refractivity contribution in [1.82, 2.24) is 14.8 Å². The van der Waals surface area contributed by atoms with Crippen LogP contribution < -0.4 is 9.47 Å². The minimum absolute atomic E-state index is 0.196. The van der Waals surface area contributed by atoms with Gasteiger partial charge in [-0.3, -0.25) is 0 Å². The van der Waals surface area contributed by atoms with Crippen LogP contribution in [0.3, 0.4) is 0 Å². The standard InChI is InChI=1S/C15H21N3O3/c1-10(2)18-15(16-9-17-18)8-13(19)12-7-11(20-3)5-6-14(12)21-4/h5-7,9-10,13,19H,8H2,1-4H3. The van der Waals surface area contributed by atoms with Crippen LogP contribution in [0.15, 0.2) is 24.5 Å². The van der Waals surface area contributed by atoms with E-state index in [2.05, 4.69) is 10.1 Å². The first kappa shape index (κ1) is 15.3. The van der Waals surface area contributed by atoms with Crippen molar-refractivity contribution in [1.29, 1.82) is 0 Å². The van der Waals surface area contributed by atoms with E-state index in [4.69, 9.17) is 9.47 Å². The van der Waals surface area contributed by atoms with Gasteiger partial charge in [0.1, 0.15) is 23.7 Å². The van der Waals surface area contributed by atoms with Gasteiger partial charge in [-0.15, -0.1) is 0 Å². The van der Waals surface area contributed by atoms with Gasteiger partial charge in [-0.25, -0.2) is 9.67 Å². The van der Waals surface area contributed by atoms with E-state index in [1.54, 1.807) is 37.1 Å². The number of aliphatic hydroxyl groups is 1. The van der Waals surface area contributed by atoms with Gasteiger partial charge in [0.05, 0.1) is 20.3 Å². The Hall–Kier alpha value is -2.08. The number of nitrogens with zero attached hydrogens (tertiary/aromatic N) is 3. The highest BCUT2D eigenvalue weighted by atomic mass is 16.5. The summed E-state index contributed by atoms with van der Waals surface area (Å²) in [5.41, 5.74) is 0.676. The summed E-state index contributed by atoms with van der Waals surface area (Å²) in [7, 11) is 3.17. The number of ether oxygens (including phenoxy) is 2. The van der Waals surface area contributed by atoms with Crippen LogP contribution in [0.2, 0.25) is 0 Å². The Labute approximate surface area is 124 Å². The Morgan fingerprint density at radius 2 is 2.00 bits per heavy atom. The van der Waals surface area contributed by atoms with Crippen LogP contribution in [0, 0.1) is 0 Å². The van der Waals surface area contributed by atoms with Crippen molar-refractivity contribution in [3.05, 3.63) is 35.9 Å². The van der Waals surface area contributed by atoms with Gasteiger partial charge in [-0.2, -0.15) is 5.10 Å². The SMILES string of the molecule is COc1ccc(OC)c(C(O)Cc2ncnn2C(C)C)c1.